The van der Waals surface area contributed by atoms with Gasteiger partial charge in [-0.3, -0.25) is 4.79 Å². The number of hydrogen-bond acceptors (Lipinski definition) is 4. The first-order chi connectivity index (χ1) is 12.1. The Labute approximate surface area is 154 Å². The molecule has 128 valence electrons. The highest BCUT2D eigenvalue weighted by atomic mass is 32.2. The highest BCUT2D eigenvalue weighted by molar-refractivity contribution is 8.00. The predicted octanol–water partition coefficient (Wildman–Crippen LogP) is 4.81. The molecule has 3 nitrogen and oxygen atoms in total. The zero-order valence-electron chi connectivity index (χ0n) is 13.7. The van der Waals surface area contributed by atoms with Gasteiger partial charge < -0.3 is 5.32 Å². The first kappa shape index (κ1) is 17.6. The second-order valence-corrected chi connectivity index (χ2v) is 7.56. The molecule has 1 aromatic heterocycles. The number of benzene rings is 2. The second-order valence-electron chi connectivity index (χ2n) is 5.47. The Morgan fingerprint density at radius 3 is 2.60 bits per heavy atom. The van der Waals surface area contributed by atoms with Crippen molar-refractivity contribution in [3.63, 3.8) is 0 Å². The van der Waals surface area contributed by atoms with Crippen LogP contribution in [0.25, 0.3) is 0 Å². The number of halogens is 1. The number of thiazole rings is 1. The maximum atomic E-state index is 13.7. The third kappa shape index (κ3) is 4.67. The molecule has 0 spiro atoms. The van der Waals surface area contributed by atoms with E-state index in [2.05, 4.69) is 10.3 Å². The Morgan fingerprint density at radius 2 is 1.88 bits per heavy atom. The average Bonchev–Trinajstić information content (AvgIpc) is 3.04. The molecule has 0 aliphatic heterocycles. The van der Waals surface area contributed by atoms with Gasteiger partial charge in [0, 0.05) is 34.5 Å². The number of carbonyl (C=O) groups is 1. The molecular formula is C19H17FN2OS2. The van der Waals surface area contributed by atoms with Gasteiger partial charge >= 0.3 is 0 Å². The van der Waals surface area contributed by atoms with Crippen molar-refractivity contribution in [3.05, 3.63) is 82.1 Å². The molecule has 1 heterocycles. The molecule has 0 saturated carbocycles. The van der Waals surface area contributed by atoms with Crippen molar-refractivity contribution in [1.82, 2.24) is 10.3 Å². The zero-order valence-corrected chi connectivity index (χ0v) is 15.3. The quantitative estimate of drug-likeness (QED) is 0.631. The fraction of sp³-hybridized carbons (Fsp3) is 0.158. The third-order valence-corrected chi connectivity index (χ3v) is 5.80. The second kappa shape index (κ2) is 8.27. The minimum absolute atomic E-state index is 0.165. The fourth-order valence-corrected chi connectivity index (χ4v) is 4.17. The molecule has 0 fully saturated rings. The maximum absolute atomic E-state index is 13.7. The van der Waals surface area contributed by atoms with Gasteiger partial charge in [0.1, 0.15) is 10.2 Å². The molecule has 3 aromatic rings. The Hall–Kier alpha value is -2.18. The summed E-state index contributed by atoms with van der Waals surface area (Å²) in [5, 5.41) is 4.81. The normalized spacial score (nSPS) is 10.6. The number of aryl methyl sites for hydroxylation is 1. The first-order valence-electron chi connectivity index (χ1n) is 7.78. The molecule has 1 N–H and O–H groups in total. The Kier molecular flexibility index (Phi) is 5.83. The van der Waals surface area contributed by atoms with E-state index in [0.717, 1.165) is 15.6 Å². The number of aromatic nitrogens is 1. The molecule has 2 aromatic carbocycles. The number of nitrogens with one attached hydrogen (secondary N) is 1. The van der Waals surface area contributed by atoms with Crippen LogP contribution in [0, 0.1) is 12.7 Å². The Bertz CT molecular complexity index is 879. The predicted molar refractivity (Wildman–Crippen MR) is 100 cm³/mol. The van der Waals surface area contributed by atoms with E-state index < -0.39 is 0 Å². The lowest BCUT2D eigenvalue weighted by Gasteiger charge is -2.10. The topological polar surface area (TPSA) is 42.0 Å². The fourth-order valence-electron chi connectivity index (χ4n) is 2.32. The highest BCUT2D eigenvalue weighted by Gasteiger charge is 2.12. The van der Waals surface area contributed by atoms with Crippen molar-refractivity contribution in [2.24, 2.45) is 0 Å². The van der Waals surface area contributed by atoms with Crippen LogP contribution < -0.4 is 5.32 Å². The van der Waals surface area contributed by atoms with E-state index in [1.54, 1.807) is 47.4 Å². The largest absolute Gasteiger partial charge is 0.348 e. The molecule has 6 heteroatoms. The van der Waals surface area contributed by atoms with Gasteiger partial charge in [0.15, 0.2) is 0 Å². The van der Waals surface area contributed by atoms with Crippen molar-refractivity contribution in [2.45, 2.75) is 23.6 Å². The summed E-state index contributed by atoms with van der Waals surface area (Å²) >= 11 is 3.21. The van der Waals surface area contributed by atoms with E-state index >= 15 is 0 Å². The lowest BCUT2D eigenvalue weighted by molar-refractivity contribution is 0.0950. The molecule has 0 radical (unpaired) electrons. The summed E-state index contributed by atoms with van der Waals surface area (Å²) in [5.74, 6) is 0.150. The number of thioether (sulfide) groups is 1. The minimum atomic E-state index is -0.314. The molecular weight excluding hydrogens is 355 g/mol. The number of nitrogens with zero attached hydrogens (tertiary/aromatic N) is 1. The summed E-state index contributed by atoms with van der Waals surface area (Å²) in [5.41, 5.74) is 3.02. The van der Waals surface area contributed by atoms with Crippen LogP contribution in [0.4, 0.5) is 4.39 Å². The maximum Gasteiger partial charge on any atom is 0.251 e. The van der Waals surface area contributed by atoms with Crippen molar-refractivity contribution in [2.75, 3.05) is 0 Å². The van der Waals surface area contributed by atoms with Crippen LogP contribution in [-0.4, -0.2) is 10.9 Å². The summed E-state index contributed by atoms with van der Waals surface area (Å²) in [6, 6.07) is 13.9. The van der Waals surface area contributed by atoms with Crippen LogP contribution in [0.15, 0.2) is 58.3 Å². The lowest BCUT2D eigenvalue weighted by Crippen LogP contribution is -2.24. The van der Waals surface area contributed by atoms with Crippen LogP contribution in [0.1, 0.15) is 27.2 Å². The third-order valence-electron chi connectivity index (χ3n) is 3.61. The van der Waals surface area contributed by atoms with Gasteiger partial charge in [-0.25, -0.2) is 9.37 Å². The lowest BCUT2D eigenvalue weighted by atomic mass is 10.1. The van der Waals surface area contributed by atoms with Crippen molar-refractivity contribution in [3.8, 4) is 0 Å². The number of carbonyl (C=O) groups excluding carboxylic acids is 1. The zero-order chi connectivity index (χ0) is 17.6. The minimum Gasteiger partial charge on any atom is -0.348 e. The summed E-state index contributed by atoms with van der Waals surface area (Å²) in [4.78, 5) is 16.9. The summed E-state index contributed by atoms with van der Waals surface area (Å²) in [6.07, 6.45) is 0. The van der Waals surface area contributed by atoms with Gasteiger partial charge in [0.2, 0.25) is 0 Å². The monoisotopic (exact) mass is 372 g/mol. The van der Waals surface area contributed by atoms with Gasteiger partial charge in [0.25, 0.3) is 5.91 Å². The first-order valence-corrected chi connectivity index (χ1v) is 9.64. The van der Waals surface area contributed by atoms with E-state index in [1.807, 2.05) is 30.5 Å². The summed E-state index contributed by atoms with van der Waals surface area (Å²) in [6.45, 7) is 2.13. The van der Waals surface area contributed by atoms with E-state index in [1.165, 1.54) is 6.07 Å². The molecule has 0 aliphatic rings. The summed E-state index contributed by atoms with van der Waals surface area (Å²) < 4.78 is 14.7. The number of rotatable bonds is 6. The molecule has 0 atom stereocenters. The van der Waals surface area contributed by atoms with E-state index in [-0.39, 0.29) is 18.3 Å². The number of amides is 1. The molecule has 25 heavy (non-hydrogen) atoms. The van der Waals surface area contributed by atoms with E-state index in [4.69, 9.17) is 0 Å². The van der Waals surface area contributed by atoms with Gasteiger partial charge in [-0.1, -0.05) is 48.2 Å². The van der Waals surface area contributed by atoms with Crippen molar-refractivity contribution >= 4 is 29.0 Å². The van der Waals surface area contributed by atoms with Gasteiger partial charge in [0.05, 0.1) is 0 Å². The molecule has 3 rings (SSSR count). The molecule has 0 saturated heterocycles. The van der Waals surface area contributed by atoms with Crippen LogP contribution in [-0.2, 0) is 12.3 Å². The smallest absolute Gasteiger partial charge is 0.251 e. The Morgan fingerprint density at radius 1 is 1.16 bits per heavy atom. The Balaban J connectivity index is 1.67. The van der Waals surface area contributed by atoms with Crippen LogP contribution in [0.3, 0.4) is 0 Å². The molecule has 1 amide bonds. The van der Waals surface area contributed by atoms with E-state index in [9.17, 15) is 9.18 Å². The van der Waals surface area contributed by atoms with Crippen LogP contribution in [0.2, 0.25) is 0 Å². The van der Waals surface area contributed by atoms with Crippen LogP contribution >= 0.6 is 23.1 Å². The van der Waals surface area contributed by atoms with Gasteiger partial charge in [-0.05, 0) is 24.6 Å². The van der Waals surface area contributed by atoms with Gasteiger partial charge in [-0.15, -0.1) is 11.3 Å². The van der Waals surface area contributed by atoms with Crippen molar-refractivity contribution < 1.29 is 9.18 Å². The molecule has 0 aliphatic carbocycles. The standard InChI is InChI=1S/C19H17FN2OS2/c1-13-11-24-19(22-13)25-12-15-7-2-4-8-16(15)18(23)21-10-14-6-3-5-9-17(14)20/h2-9,11H,10,12H2,1H3,(H,21,23). The SMILES string of the molecule is Cc1csc(SCc2ccccc2C(=O)NCc2ccccc2F)n1. The summed E-state index contributed by atoms with van der Waals surface area (Å²) in [7, 11) is 0. The molecule has 0 unspecified atom stereocenters. The van der Waals surface area contributed by atoms with Crippen molar-refractivity contribution in [1.29, 1.82) is 0 Å². The van der Waals surface area contributed by atoms with Crippen LogP contribution in [0.5, 0.6) is 0 Å². The van der Waals surface area contributed by atoms with Gasteiger partial charge in [-0.2, -0.15) is 0 Å². The van der Waals surface area contributed by atoms with E-state index in [0.29, 0.717) is 16.9 Å². The number of hydrogen-bond donors (Lipinski definition) is 1. The average molecular weight is 372 g/mol. The highest BCUT2D eigenvalue weighted by Crippen LogP contribution is 2.27. The molecule has 0 bridgehead atoms.